The van der Waals surface area contributed by atoms with Crippen LogP contribution in [0.25, 0.3) is 0 Å². The van der Waals surface area contributed by atoms with Crippen molar-refractivity contribution in [2.75, 3.05) is 25.0 Å². The highest BCUT2D eigenvalue weighted by Crippen LogP contribution is 2.24. The Bertz CT molecular complexity index is 947. The molecule has 0 bridgehead atoms. The minimum Gasteiger partial charge on any atom is -0.494 e. The lowest BCUT2D eigenvalue weighted by atomic mass is 9.98. The Morgan fingerprint density at radius 3 is 2.72 bits per heavy atom. The van der Waals surface area contributed by atoms with Crippen molar-refractivity contribution in [3.63, 3.8) is 0 Å². The topological polar surface area (TPSA) is 75.7 Å². The van der Waals surface area contributed by atoms with Crippen LogP contribution in [0.4, 0.5) is 5.69 Å². The molecule has 0 aromatic heterocycles. The lowest BCUT2D eigenvalue weighted by Gasteiger charge is -2.31. The number of rotatable bonds is 7. The molecule has 1 atom stereocenters. The molecule has 1 heterocycles. The predicted octanol–water partition coefficient (Wildman–Crippen LogP) is 3.92. The van der Waals surface area contributed by atoms with Gasteiger partial charge in [0.25, 0.3) is 0 Å². The number of piperidine rings is 1. The van der Waals surface area contributed by atoms with Gasteiger partial charge in [-0.3, -0.25) is 4.79 Å². The number of amides is 1. The summed E-state index contributed by atoms with van der Waals surface area (Å²) in [5.74, 6) is 0.0141. The maximum absolute atomic E-state index is 12.8. The van der Waals surface area contributed by atoms with Gasteiger partial charge in [-0.15, -0.1) is 0 Å². The highest BCUT2D eigenvalue weighted by molar-refractivity contribution is 7.88. The summed E-state index contributed by atoms with van der Waals surface area (Å²) >= 11 is 5.87. The van der Waals surface area contributed by atoms with Gasteiger partial charge in [-0.1, -0.05) is 29.8 Å². The molecule has 1 unspecified atom stereocenters. The molecular weight excluding hydrogens is 412 g/mol. The third-order valence-electron chi connectivity index (χ3n) is 4.82. The van der Waals surface area contributed by atoms with Crippen LogP contribution in [-0.2, 0) is 20.6 Å². The first-order chi connectivity index (χ1) is 13.9. The molecule has 2 aromatic carbocycles. The SMILES string of the molecule is CCOc1cccc(NC(=O)C2CCCN(S(=O)(=O)Cc3ccc(Cl)cc3)C2)c1. The third kappa shape index (κ3) is 5.95. The molecule has 0 aliphatic carbocycles. The van der Waals surface area contributed by atoms with Gasteiger partial charge < -0.3 is 10.1 Å². The number of carbonyl (C=O) groups excluding carboxylic acids is 1. The smallest absolute Gasteiger partial charge is 0.228 e. The van der Waals surface area contributed by atoms with Crippen molar-refractivity contribution in [2.24, 2.45) is 5.92 Å². The fraction of sp³-hybridized carbons (Fsp3) is 0.381. The second kappa shape index (κ2) is 9.61. The fourth-order valence-corrected chi connectivity index (χ4v) is 5.10. The number of benzene rings is 2. The van der Waals surface area contributed by atoms with Gasteiger partial charge in [-0.2, -0.15) is 0 Å². The van der Waals surface area contributed by atoms with Crippen molar-refractivity contribution in [1.82, 2.24) is 4.31 Å². The molecular formula is C21H25ClN2O4S. The second-order valence-corrected chi connectivity index (χ2v) is 9.44. The van der Waals surface area contributed by atoms with Crippen LogP contribution < -0.4 is 10.1 Å². The molecule has 156 valence electrons. The number of halogens is 1. The summed E-state index contributed by atoms with van der Waals surface area (Å²) in [6, 6.07) is 14.0. The summed E-state index contributed by atoms with van der Waals surface area (Å²) in [7, 11) is -3.51. The van der Waals surface area contributed by atoms with Crippen LogP contribution in [-0.4, -0.2) is 38.3 Å². The van der Waals surface area contributed by atoms with Crippen LogP contribution in [0.15, 0.2) is 48.5 Å². The Morgan fingerprint density at radius 1 is 1.24 bits per heavy atom. The Morgan fingerprint density at radius 2 is 2.00 bits per heavy atom. The molecule has 1 saturated heterocycles. The van der Waals surface area contributed by atoms with E-state index in [1.165, 1.54) is 4.31 Å². The zero-order chi connectivity index (χ0) is 20.9. The van der Waals surface area contributed by atoms with E-state index >= 15 is 0 Å². The first-order valence-electron chi connectivity index (χ1n) is 9.63. The molecule has 1 amide bonds. The zero-order valence-corrected chi connectivity index (χ0v) is 17.9. The molecule has 0 radical (unpaired) electrons. The van der Waals surface area contributed by atoms with Crippen molar-refractivity contribution in [1.29, 1.82) is 0 Å². The maximum Gasteiger partial charge on any atom is 0.228 e. The Kier molecular flexibility index (Phi) is 7.16. The maximum atomic E-state index is 12.8. The highest BCUT2D eigenvalue weighted by Gasteiger charge is 2.32. The monoisotopic (exact) mass is 436 g/mol. The lowest BCUT2D eigenvalue weighted by Crippen LogP contribution is -2.44. The van der Waals surface area contributed by atoms with E-state index in [2.05, 4.69) is 5.32 Å². The van der Waals surface area contributed by atoms with Crippen LogP contribution in [0.2, 0.25) is 5.02 Å². The molecule has 2 aromatic rings. The van der Waals surface area contributed by atoms with Crippen LogP contribution in [0, 0.1) is 5.92 Å². The Hall–Kier alpha value is -2.09. The van der Waals surface area contributed by atoms with Crippen LogP contribution in [0.3, 0.4) is 0 Å². The van der Waals surface area contributed by atoms with E-state index in [4.69, 9.17) is 16.3 Å². The van der Waals surface area contributed by atoms with Gasteiger partial charge in [-0.05, 0) is 49.6 Å². The number of ether oxygens (including phenoxy) is 1. The lowest BCUT2D eigenvalue weighted by molar-refractivity contribution is -0.120. The van der Waals surface area contributed by atoms with E-state index in [1.54, 1.807) is 36.4 Å². The zero-order valence-electron chi connectivity index (χ0n) is 16.3. The van der Waals surface area contributed by atoms with Gasteiger partial charge in [0, 0.05) is 29.9 Å². The standard InChI is InChI=1S/C21H25ClN2O4S/c1-2-28-20-7-3-6-19(13-20)23-21(25)17-5-4-12-24(14-17)29(26,27)15-16-8-10-18(22)11-9-16/h3,6-11,13,17H,2,4-5,12,14-15H2,1H3,(H,23,25). The van der Waals surface area contributed by atoms with Gasteiger partial charge in [0.2, 0.25) is 15.9 Å². The molecule has 1 aliphatic rings. The first-order valence-corrected chi connectivity index (χ1v) is 11.6. The summed E-state index contributed by atoms with van der Waals surface area (Å²) < 4.78 is 32.5. The van der Waals surface area contributed by atoms with Gasteiger partial charge in [0.1, 0.15) is 5.75 Å². The summed E-state index contributed by atoms with van der Waals surface area (Å²) in [6.45, 7) is 3.05. The molecule has 3 rings (SSSR count). The minimum absolute atomic E-state index is 0.102. The van der Waals surface area contributed by atoms with Gasteiger partial charge >= 0.3 is 0 Å². The highest BCUT2D eigenvalue weighted by atomic mass is 35.5. The number of anilines is 1. The van der Waals surface area contributed by atoms with E-state index in [9.17, 15) is 13.2 Å². The van der Waals surface area contributed by atoms with Crippen molar-refractivity contribution < 1.29 is 17.9 Å². The summed E-state index contributed by atoms with van der Waals surface area (Å²) in [6.07, 6.45) is 1.31. The number of hydrogen-bond acceptors (Lipinski definition) is 4. The van der Waals surface area contributed by atoms with Crippen molar-refractivity contribution in [2.45, 2.75) is 25.5 Å². The van der Waals surface area contributed by atoms with E-state index in [0.29, 0.717) is 48.0 Å². The quantitative estimate of drug-likeness (QED) is 0.713. The summed E-state index contributed by atoms with van der Waals surface area (Å²) in [4.78, 5) is 12.7. The Labute approximate surface area is 176 Å². The van der Waals surface area contributed by atoms with Gasteiger partial charge in [0.15, 0.2) is 0 Å². The van der Waals surface area contributed by atoms with Crippen LogP contribution in [0.1, 0.15) is 25.3 Å². The molecule has 8 heteroatoms. The average molecular weight is 437 g/mol. The average Bonchev–Trinajstić information content (AvgIpc) is 2.70. The molecule has 6 nitrogen and oxygen atoms in total. The van der Waals surface area contributed by atoms with Crippen molar-refractivity contribution >= 4 is 33.2 Å². The van der Waals surface area contributed by atoms with Gasteiger partial charge in [0.05, 0.1) is 18.3 Å². The van der Waals surface area contributed by atoms with Gasteiger partial charge in [-0.25, -0.2) is 12.7 Å². The van der Waals surface area contributed by atoms with E-state index in [1.807, 2.05) is 19.1 Å². The van der Waals surface area contributed by atoms with Crippen LogP contribution >= 0.6 is 11.6 Å². The number of sulfonamides is 1. The van der Waals surface area contributed by atoms with E-state index < -0.39 is 10.0 Å². The van der Waals surface area contributed by atoms with E-state index in [0.717, 1.165) is 0 Å². The van der Waals surface area contributed by atoms with Crippen LogP contribution in [0.5, 0.6) is 5.75 Å². The number of hydrogen-bond donors (Lipinski definition) is 1. The number of nitrogens with zero attached hydrogens (tertiary/aromatic N) is 1. The molecule has 1 aliphatic heterocycles. The molecule has 29 heavy (non-hydrogen) atoms. The molecule has 1 fully saturated rings. The number of nitrogens with one attached hydrogen (secondary N) is 1. The molecule has 1 N–H and O–H groups in total. The summed E-state index contributed by atoms with van der Waals surface area (Å²) in [5, 5.41) is 3.45. The van der Waals surface area contributed by atoms with E-state index in [-0.39, 0.29) is 24.1 Å². The fourth-order valence-electron chi connectivity index (χ4n) is 3.37. The number of carbonyl (C=O) groups is 1. The third-order valence-corrected chi connectivity index (χ3v) is 6.89. The van der Waals surface area contributed by atoms with Crippen molar-refractivity contribution in [3.05, 3.63) is 59.1 Å². The second-order valence-electron chi connectivity index (χ2n) is 7.03. The summed E-state index contributed by atoms with van der Waals surface area (Å²) in [5.41, 5.74) is 1.32. The Balaban J connectivity index is 1.64. The molecule has 0 spiro atoms. The minimum atomic E-state index is -3.51. The van der Waals surface area contributed by atoms with Crippen molar-refractivity contribution in [3.8, 4) is 5.75 Å². The normalized spacial score (nSPS) is 17.7. The molecule has 0 saturated carbocycles. The largest absolute Gasteiger partial charge is 0.494 e. The first kappa shape index (κ1) is 21.6. The predicted molar refractivity (Wildman–Crippen MR) is 115 cm³/mol.